The van der Waals surface area contributed by atoms with E-state index in [-0.39, 0.29) is 0 Å². The molecule has 0 saturated heterocycles. The molecule has 1 aromatic rings. The Morgan fingerprint density at radius 3 is 2.40 bits per heavy atom. The predicted octanol–water partition coefficient (Wildman–Crippen LogP) is 4.08. The molecular formula is C14H23N. The van der Waals surface area contributed by atoms with Gasteiger partial charge in [-0.2, -0.15) is 0 Å². The Morgan fingerprint density at radius 1 is 1.27 bits per heavy atom. The minimum absolute atomic E-state index is 0.310. The molecule has 0 aromatic heterocycles. The molecular weight excluding hydrogens is 182 g/mol. The first-order valence-electron chi connectivity index (χ1n) is 5.91. The summed E-state index contributed by atoms with van der Waals surface area (Å²) in [7, 11) is 0. The zero-order valence-corrected chi connectivity index (χ0v) is 10.6. The van der Waals surface area contributed by atoms with Gasteiger partial charge in [0, 0.05) is 5.69 Å². The van der Waals surface area contributed by atoms with Gasteiger partial charge < -0.3 is 5.73 Å². The van der Waals surface area contributed by atoms with Gasteiger partial charge in [-0.25, -0.2) is 0 Å². The van der Waals surface area contributed by atoms with Crippen LogP contribution in [0.4, 0.5) is 5.69 Å². The van der Waals surface area contributed by atoms with Crippen LogP contribution in [0.3, 0.4) is 0 Å². The van der Waals surface area contributed by atoms with Gasteiger partial charge in [0.15, 0.2) is 0 Å². The second-order valence-electron chi connectivity index (χ2n) is 4.80. The van der Waals surface area contributed by atoms with Crippen molar-refractivity contribution in [3.05, 3.63) is 29.3 Å². The molecule has 1 aliphatic carbocycles. The van der Waals surface area contributed by atoms with Crippen LogP contribution >= 0.6 is 0 Å². The molecule has 0 fully saturated rings. The molecule has 0 saturated carbocycles. The van der Waals surface area contributed by atoms with Crippen LogP contribution in [0.5, 0.6) is 0 Å². The van der Waals surface area contributed by atoms with Crippen molar-refractivity contribution in [2.24, 2.45) is 0 Å². The number of hydrogen-bond donors (Lipinski definition) is 1. The highest BCUT2D eigenvalue weighted by atomic mass is 14.6. The third-order valence-corrected chi connectivity index (χ3v) is 3.18. The highest BCUT2D eigenvalue weighted by Gasteiger charge is 2.35. The second-order valence-corrected chi connectivity index (χ2v) is 4.80. The molecule has 2 N–H and O–H groups in total. The fraction of sp³-hybridized carbons (Fsp3) is 0.571. The largest absolute Gasteiger partial charge is 0.398 e. The van der Waals surface area contributed by atoms with E-state index in [1.165, 1.54) is 17.5 Å². The Bertz CT molecular complexity index is 339. The van der Waals surface area contributed by atoms with Gasteiger partial charge in [0.05, 0.1) is 0 Å². The molecule has 0 heterocycles. The van der Waals surface area contributed by atoms with E-state index < -0.39 is 0 Å². The SMILES string of the molecule is CC.C[C@@H]1CC(C)(C)c2cccc(N)c21. The lowest BCUT2D eigenvalue weighted by Gasteiger charge is -2.18. The minimum atomic E-state index is 0.310. The van der Waals surface area contributed by atoms with E-state index >= 15 is 0 Å². The lowest BCUT2D eigenvalue weighted by molar-refractivity contribution is 0.489. The minimum Gasteiger partial charge on any atom is -0.398 e. The molecule has 1 nitrogen and oxygen atoms in total. The summed E-state index contributed by atoms with van der Waals surface area (Å²) in [5, 5.41) is 0. The summed E-state index contributed by atoms with van der Waals surface area (Å²) in [5.41, 5.74) is 10.1. The van der Waals surface area contributed by atoms with Gasteiger partial charge in [0.1, 0.15) is 0 Å². The van der Waals surface area contributed by atoms with Gasteiger partial charge in [0.2, 0.25) is 0 Å². The molecule has 84 valence electrons. The van der Waals surface area contributed by atoms with Gasteiger partial charge in [-0.3, -0.25) is 0 Å². The zero-order valence-electron chi connectivity index (χ0n) is 10.6. The normalized spacial score (nSPS) is 21.5. The summed E-state index contributed by atoms with van der Waals surface area (Å²) in [6.07, 6.45) is 1.22. The van der Waals surface area contributed by atoms with Gasteiger partial charge in [0.25, 0.3) is 0 Å². The third kappa shape index (κ3) is 2.01. The van der Waals surface area contributed by atoms with Gasteiger partial charge in [-0.15, -0.1) is 0 Å². The Morgan fingerprint density at radius 2 is 1.87 bits per heavy atom. The van der Waals surface area contributed by atoms with Crippen LogP contribution in [0, 0.1) is 0 Å². The fourth-order valence-electron chi connectivity index (χ4n) is 2.70. The Kier molecular flexibility index (Phi) is 3.43. The third-order valence-electron chi connectivity index (χ3n) is 3.18. The summed E-state index contributed by atoms with van der Waals surface area (Å²) in [6, 6.07) is 6.29. The second kappa shape index (κ2) is 4.26. The number of hydrogen-bond acceptors (Lipinski definition) is 1. The van der Waals surface area contributed by atoms with E-state index in [1.54, 1.807) is 0 Å². The lowest BCUT2D eigenvalue weighted by atomic mass is 9.86. The molecule has 1 aromatic carbocycles. The fourth-order valence-corrected chi connectivity index (χ4v) is 2.70. The van der Waals surface area contributed by atoms with E-state index in [1.807, 2.05) is 19.9 Å². The maximum Gasteiger partial charge on any atom is 0.0352 e. The zero-order chi connectivity index (χ0) is 11.6. The molecule has 2 rings (SSSR count). The average Bonchev–Trinajstić information content (AvgIpc) is 2.42. The first-order chi connectivity index (χ1) is 7.02. The molecule has 15 heavy (non-hydrogen) atoms. The van der Waals surface area contributed by atoms with Crippen LogP contribution < -0.4 is 5.73 Å². The number of fused-ring (bicyclic) bond motifs is 1. The smallest absolute Gasteiger partial charge is 0.0352 e. The van der Waals surface area contributed by atoms with Crippen LogP contribution in [0.2, 0.25) is 0 Å². The quantitative estimate of drug-likeness (QED) is 0.634. The number of nitrogens with two attached hydrogens (primary N) is 1. The van der Waals surface area contributed by atoms with Crippen molar-refractivity contribution < 1.29 is 0 Å². The van der Waals surface area contributed by atoms with Crippen LogP contribution in [0.1, 0.15) is 58.1 Å². The van der Waals surface area contributed by atoms with Gasteiger partial charge >= 0.3 is 0 Å². The summed E-state index contributed by atoms with van der Waals surface area (Å²) in [4.78, 5) is 0. The Balaban J connectivity index is 0.000000531. The van der Waals surface area contributed by atoms with Crippen molar-refractivity contribution in [2.45, 2.75) is 52.4 Å². The van der Waals surface area contributed by atoms with E-state index in [0.29, 0.717) is 11.3 Å². The number of rotatable bonds is 0. The molecule has 0 aliphatic heterocycles. The predicted molar refractivity (Wildman–Crippen MR) is 68.3 cm³/mol. The van der Waals surface area contributed by atoms with E-state index in [2.05, 4.69) is 32.9 Å². The topological polar surface area (TPSA) is 26.0 Å². The van der Waals surface area contributed by atoms with Gasteiger partial charge in [-0.05, 0) is 34.9 Å². The molecule has 0 amide bonds. The average molecular weight is 205 g/mol. The van der Waals surface area contributed by atoms with E-state index in [4.69, 9.17) is 5.73 Å². The number of anilines is 1. The van der Waals surface area contributed by atoms with E-state index in [0.717, 1.165) is 5.69 Å². The Hall–Kier alpha value is -0.980. The van der Waals surface area contributed by atoms with Crippen LogP contribution in [0.15, 0.2) is 18.2 Å². The number of nitrogen functional groups attached to an aromatic ring is 1. The molecule has 1 atom stereocenters. The Labute approximate surface area is 93.7 Å². The summed E-state index contributed by atoms with van der Waals surface area (Å²) >= 11 is 0. The van der Waals surface area contributed by atoms with Gasteiger partial charge in [-0.1, -0.05) is 46.8 Å². The highest BCUT2D eigenvalue weighted by molar-refractivity contribution is 5.57. The molecule has 0 unspecified atom stereocenters. The first-order valence-corrected chi connectivity index (χ1v) is 5.91. The monoisotopic (exact) mass is 205 g/mol. The maximum absolute atomic E-state index is 5.98. The molecule has 0 radical (unpaired) electrons. The molecule has 1 aliphatic rings. The molecule has 1 heteroatoms. The standard InChI is InChI=1S/C12H17N.C2H6/c1-8-7-12(2,3)9-5-4-6-10(13)11(8)9;1-2/h4-6,8H,7,13H2,1-3H3;1-2H3/t8-;/m1./s1. The summed E-state index contributed by atoms with van der Waals surface area (Å²) < 4.78 is 0. The van der Waals surface area contributed by atoms with Crippen molar-refractivity contribution in [1.82, 2.24) is 0 Å². The van der Waals surface area contributed by atoms with E-state index in [9.17, 15) is 0 Å². The van der Waals surface area contributed by atoms with Crippen molar-refractivity contribution in [3.63, 3.8) is 0 Å². The first kappa shape index (κ1) is 12.1. The van der Waals surface area contributed by atoms with Crippen molar-refractivity contribution in [2.75, 3.05) is 5.73 Å². The molecule has 0 bridgehead atoms. The number of benzene rings is 1. The van der Waals surface area contributed by atoms with Crippen molar-refractivity contribution >= 4 is 5.69 Å². The lowest BCUT2D eigenvalue weighted by Crippen LogP contribution is -2.11. The van der Waals surface area contributed by atoms with Crippen molar-refractivity contribution in [1.29, 1.82) is 0 Å². The highest BCUT2D eigenvalue weighted by Crippen LogP contribution is 2.47. The van der Waals surface area contributed by atoms with Crippen LogP contribution in [-0.2, 0) is 5.41 Å². The van der Waals surface area contributed by atoms with Crippen LogP contribution in [-0.4, -0.2) is 0 Å². The molecule has 0 spiro atoms. The maximum atomic E-state index is 5.98. The van der Waals surface area contributed by atoms with Crippen LogP contribution in [0.25, 0.3) is 0 Å². The summed E-state index contributed by atoms with van der Waals surface area (Å²) in [5.74, 6) is 0.617. The summed E-state index contributed by atoms with van der Waals surface area (Å²) in [6.45, 7) is 10.9. The van der Waals surface area contributed by atoms with Crippen molar-refractivity contribution in [3.8, 4) is 0 Å².